The summed E-state index contributed by atoms with van der Waals surface area (Å²) in [6.07, 6.45) is -0.0189. The van der Waals surface area contributed by atoms with Crippen LogP contribution < -0.4 is 5.32 Å². The summed E-state index contributed by atoms with van der Waals surface area (Å²) in [5, 5.41) is 18.8. The van der Waals surface area contributed by atoms with E-state index < -0.39 is 12.2 Å². The zero-order valence-corrected chi connectivity index (χ0v) is 4.87. The normalized spacial score (nSPS) is 12.6. The van der Waals surface area contributed by atoms with Gasteiger partial charge in [0.05, 0.1) is 0 Å². The minimum absolute atomic E-state index is 0.285. The van der Waals surface area contributed by atoms with Crippen molar-refractivity contribution in [2.24, 2.45) is 0 Å². The van der Waals surface area contributed by atoms with Gasteiger partial charge in [0.25, 0.3) is 0 Å². The van der Waals surface area contributed by atoms with Gasteiger partial charge in [-0.2, -0.15) is 0 Å². The van der Waals surface area contributed by atoms with Gasteiger partial charge in [0, 0.05) is 6.54 Å². The Morgan fingerprint density at radius 1 is 1.89 bits per heavy atom. The van der Waals surface area contributed by atoms with Crippen LogP contribution in [0.4, 0.5) is 0 Å². The van der Waals surface area contributed by atoms with Crippen molar-refractivity contribution in [2.75, 3.05) is 6.54 Å². The molecule has 0 aliphatic carbocycles. The minimum Gasteiger partial charge on any atom is -0.478 e. The Kier molecular flexibility index (Phi) is 3.66. The number of hydrogen-bond donors (Lipinski definition) is 3. The minimum atomic E-state index is -1.48. The van der Waals surface area contributed by atoms with Crippen LogP contribution in [0.15, 0.2) is 12.7 Å². The lowest BCUT2D eigenvalue weighted by atomic mass is 10.5. The molecule has 0 spiro atoms. The van der Waals surface area contributed by atoms with Gasteiger partial charge in [0.2, 0.25) is 6.23 Å². The summed E-state index contributed by atoms with van der Waals surface area (Å²) in [5.41, 5.74) is 0. The van der Waals surface area contributed by atoms with Crippen molar-refractivity contribution >= 4 is 5.97 Å². The number of aliphatic hydroxyl groups excluding tert-OH is 1. The number of carbonyl (C=O) groups is 1. The van der Waals surface area contributed by atoms with Crippen molar-refractivity contribution in [3.8, 4) is 0 Å². The molecule has 0 fully saturated rings. The molecule has 0 aliphatic rings. The number of aliphatic hydroxyl groups is 1. The van der Waals surface area contributed by atoms with Gasteiger partial charge in [-0.25, -0.2) is 4.79 Å². The van der Waals surface area contributed by atoms with E-state index in [0.717, 1.165) is 0 Å². The molecular weight excluding hydrogens is 122 g/mol. The molecule has 0 amide bonds. The Morgan fingerprint density at radius 2 is 2.44 bits per heavy atom. The van der Waals surface area contributed by atoms with Crippen LogP contribution in [0, 0.1) is 0 Å². The molecule has 0 saturated carbocycles. The zero-order valence-electron chi connectivity index (χ0n) is 4.87. The third-order valence-corrected chi connectivity index (χ3v) is 0.689. The van der Waals surface area contributed by atoms with Crippen LogP contribution in [0.5, 0.6) is 0 Å². The highest BCUT2D eigenvalue weighted by Crippen LogP contribution is 1.74. The Morgan fingerprint density at radius 3 is 2.78 bits per heavy atom. The summed E-state index contributed by atoms with van der Waals surface area (Å²) in [6, 6.07) is 0. The number of carboxylic acid groups (broad SMARTS) is 1. The molecule has 9 heavy (non-hydrogen) atoms. The van der Waals surface area contributed by atoms with Crippen molar-refractivity contribution in [1.82, 2.24) is 5.32 Å². The summed E-state index contributed by atoms with van der Waals surface area (Å²) >= 11 is 0. The maximum Gasteiger partial charge on any atom is 0.347 e. The SMILES string of the molecule is C=CCNC(O)C(=O)O. The second kappa shape index (κ2) is 4.05. The number of rotatable bonds is 4. The second-order valence-electron chi connectivity index (χ2n) is 1.44. The van der Waals surface area contributed by atoms with E-state index >= 15 is 0 Å². The topological polar surface area (TPSA) is 69.6 Å². The summed E-state index contributed by atoms with van der Waals surface area (Å²) in [7, 11) is 0. The Bertz CT molecular complexity index is 113. The van der Waals surface area contributed by atoms with Crippen LogP contribution in [-0.2, 0) is 4.79 Å². The predicted molar refractivity (Wildman–Crippen MR) is 31.8 cm³/mol. The molecule has 0 heterocycles. The van der Waals surface area contributed by atoms with Gasteiger partial charge in [-0.15, -0.1) is 6.58 Å². The Hall–Kier alpha value is -0.870. The van der Waals surface area contributed by atoms with Gasteiger partial charge >= 0.3 is 5.97 Å². The lowest BCUT2D eigenvalue weighted by Gasteiger charge is -2.03. The number of aliphatic carboxylic acids is 1. The fourth-order valence-electron chi connectivity index (χ4n) is 0.282. The standard InChI is InChI=1S/C5H9NO3/c1-2-3-6-4(7)5(8)9/h2,4,6-7H,1,3H2,(H,8,9). The molecule has 0 aromatic rings. The quantitative estimate of drug-likeness (QED) is 0.344. The first-order chi connectivity index (χ1) is 4.18. The lowest BCUT2D eigenvalue weighted by Crippen LogP contribution is -2.36. The van der Waals surface area contributed by atoms with Crippen LogP contribution in [0.3, 0.4) is 0 Å². The van der Waals surface area contributed by atoms with Gasteiger partial charge in [-0.1, -0.05) is 6.08 Å². The summed E-state index contributed by atoms with van der Waals surface area (Å²) in [6.45, 7) is 3.61. The summed E-state index contributed by atoms with van der Waals surface area (Å²) < 4.78 is 0. The molecule has 0 aromatic heterocycles. The van der Waals surface area contributed by atoms with E-state index in [-0.39, 0.29) is 6.54 Å². The lowest BCUT2D eigenvalue weighted by molar-refractivity contribution is -0.148. The van der Waals surface area contributed by atoms with Crippen LogP contribution >= 0.6 is 0 Å². The molecule has 4 nitrogen and oxygen atoms in total. The zero-order chi connectivity index (χ0) is 7.28. The van der Waals surface area contributed by atoms with E-state index in [1.165, 1.54) is 6.08 Å². The first-order valence-electron chi connectivity index (χ1n) is 2.43. The molecule has 0 radical (unpaired) electrons. The molecule has 1 unspecified atom stereocenters. The Labute approximate surface area is 52.8 Å². The van der Waals surface area contributed by atoms with Gasteiger partial charge in [0.1, 0.15) is 0 Å². The fraction of sp³-hybridized carbons (Fsp3) is 0.400. The smallest absolute Gasteiger partial charge is 0.347 e. The number of hydrogen-bond acceptors (Lipinski definition) is 3. The van der Waals surface area contributed by atoms with Gasteiger partial charge < -0.3 is 10.2 Å². The van der Waals surface area contributed by atoms with Crippen LogP contribution in [0.25, 0.3) is 0 Å². The van der Waals surface area contributed by atoms with Crippen molar-refractivity contribution in [2.45, 2.75) is 6.23 Å². The molecule has 0 rings (SSSR count). The maximum absolute atomic E-state index is 9.86. The van der Waals surface area contributed by atoms with Gasteiger partial charge in [-0.05, 0) is 0 Å². The van der Waals surface area contributed by atoms with E-state index in [0.29, 0.717) is 0 Å². The highest BCUT2D eigenvalue weighted by atomic mass is 16.4. The maximum atomic E-state index is 9.86. The molecular formula is C5H9NO3. The highest BCUT2D eigenvalue weighted by Gasteiger charge is 2.08. The first-order valence-corrected chi connectivity index (χ1v) is 2.43. The largest absolute Gasteiger partial charge is 0.478 e. The molecule has 3 N–H and O–H groups in total. The van der Waals surface area contributed by atoms with Crippen LogP contribution in [0.2, 0.25) is 0 Å². The van der Waals surface area contributed by atoms with Crippen LogP contribution in [0.1, 0.15) is 0 Å². The van der Waals surface area contributed by atoms with Gasteiger partial charge in [-0.3, -0.25) is 5.32 Å². The molecule has 1 atom stereocenters. The third-order valence-electron chi connectivity index (χ3n) is 0.689. The highest BCUT2D eigenvalue weighted by molar-refractivity contribution is 5.71. The average molecular weight is 131 g/mol. The molecule has 52 valence electrons. The Balaban J connectivity index is 3.37. The number of carboxylic acids is 1. The summed E-state index contributed by atoms with van der Waals surface area (Å²) in [4.78, 5) is 9.86. The van der Waals surface area contributed by atoms with Crippen molar-refractivity contribution in [3.05, 3.63) is 12.7 Å². The van der Waals surface area contributed by atoms with E-state index in [9.17, 15) is 4.79 Å². The molecule has 0 aliphatic heterocycles. The van der Waals surface area contributed by atoms with E-state index in [4.69, 9.17) is 10.2 Å². The van der Waals surface area contributed by atoms with Gasteiger partial charge in [0.15, 0.2) is 0 Å². The van der Waals surface area contributed by atoms with E-state index in [1.807, 2.05) is 0 Å². The third kappa shape index (κ3) is 3.69. The first kappa shape index (κ1) is 8.13. The number of nitrogens with one attached hydrogen (secondary N) is 1. The summed E-state index contributed by atoms with van der Waals surface area (Å²) in [5.74, 6) is -1.28. The second-order valence-corrected chi connectivity index (χ2v) is 1.44. The van der Waals surface area contributed by atoms with E-state index in [2.05, 4.69) is 11.9 Å². The average Bonchev–Trinajstić information content (AvgIpc) is 1.82. The van der Waals surface area contributed by atoms with Crippen LogP contribution in [-0.4, -0.2) is 29.0 Å². The van der Waals surface area contributed by atoms with Crippen molar-refractivity contribution in [1.29, 1.82) is 0 Å². The molecule has 0 aromatic carbocycles. The predicted octanol–water partition coefficient (Wildman–Crippen LogP) is -0.835. The monoisotopic (exact) mass is 131 g/mol. The fourth-order valence-corrected chi connectivity index (χ4v) is 0.282. The van der Waals surface area contributed by atoms with Crippen molar-refractivity contribution in [3.63, 3.8) is 0 Å². The molecule has 0 bridgehead atoms. The molecule has 4 heteroatoms. The van der Waals surface area contributed by atoms with E-state index in [1.54, 1.807) is 0 Å². The van der Waals surface area contributed by atoms with Crippen molar-refractivity contribution < 1.29 is 15.0 Å². The molecule has 0 saturated heterocycles.